The molecule has 0 N–H and O–H groups in total. The van der Waals surface area contributed by atoms with Crippen LogP contribution in [-0.4, -0.2) is 64.0 Å². The molecule has 0 radical (unpaired) electrons. The molecular formula is C12H25NO4. The summed E-state index contributed by atoms with van der Waals surface area (Å²) in [7, 11) is 3.08. The summed E-state index contributed by atoms with van der Waals surface area (Å²) in [5.74, 6) is -0.210. The first-order valence-electron chi connectivity index (χ1n) is 5.99. The Morgan fingerprint density at radius 2 is 1.88 bits per heavy atom. The lowest BCUT2D eigenvalue weighted by atomic mass is 10.3. The lowest BCUT2D eigenvalue weighted by Gasteiger charge is -2.24. The standard InChI is InChI=1S/C12H25NO4/c1-11(2)13(10-12(14)16-4)6-9-17-8-5-7-15-3/h11H,5-10H2,1-4H3. The summed E-state index contributed by atoms with van der Waals surface area (Å²) in [6.45, 7) is 7.18. The van der Waals surface area contributed by atoms with Crippen molar-refractivity contribution in [2.75, 3.05) is 47.1 Å². The quantitative estimate of drug-likeness (QED) is 0.424. The fourth-order valence-corrected chi connectivity index (χ4v) is 1.34. The number of rotatable bonds is 10. The van der Waals surface area contributed by atoms with Crippen molar-refractivity contribution in [3.05, 3.63) is 0 Å². The van der Waals surface area contributed by atoms with Crippen molar-refractivity contribution in [3.8, 4) is 0 Å². The van der Waals surface area contributed by atoms with E-state index in [0.717, 1.165) is 19.6 Å². The third-order valence-corrected chi connectivity index (χ3v) is 2.45. The Labute approximate surface area is 104 Å². The summed E-state index contributed by atoms with van der Waals surface area (Å²) >= 11 is 0. The number of carbonyl (C=O) groups excluding carboxylic acids is 1. The van der Waals surface area contributed by atoms with Crippen LogP contribution in [0.25, 0.3) is 0 Å². The highest BCUT2D eigenvalue weighted by Gasteiger charge is 2.13. The van der Waals surface area contributed by atoms with Gasteiger partial charge in [-0.2, -0.15) is 0 Å². The van der Waals surface area contributed by atoms with Gasteiger partial charge in [0.05, 0.1) is 20.3 Å². The second kappa shape index (κ2) is 10.5. The van der Waals surface area contributed by atoms with Crippen LogP contribution in [0.15, 0.2) is 0 Å². The topological polar surface area (TPSA) is 48.0 Å². The summed E-state index contributed by atoms with van der Waals surface area (Å²) < 4.78 is 15.0. The van der Waals surface area contributed by atoms with E-state index < -0.39 is 0 Å². The highest BCUT2D eigenvalue weighted by atomic mass is 16.5. The minimum Gasteiger partial charge on any atom is -0.468 e. The number of esters is 1. The lowest BCUT2D eigenvalue weighted by molar-refractivity contribution is -0.142. The number of carbonyl (C=O) groups is 1. The molecule has 0 aromatic rings. The van der Waals surface area contributed by atoms with Crippen LogP contribution in [0, 0.1) is 0 Å². The van der Waals surface area contributed by atoms with E-state index in [2.05, 4.69) is 4.74 Å². The molecule has 0 unspecified atom stereocenters. The van der Waals surface area contributed by atoms with Crippen LogP contribution in [0.5, 0.6) is 0 Å². The van der Waals surface area contributed by atoms with Gasteiger partial charge in [0.1, 0.15) is 0 Å². The van der Waals surface area contributed by atoms with Crippen LogP contribution in [0.3, 0.4) is 0 Å². The zero-order valence-corrected chi connectivity index (χ0v) is 11.4. The summed E-state index contributed by atoms with van der Waals surface area (Å²) in [5, 5.41) is 0. The molecule has 0 saturated heterocycles. The fraction of sp³-hybridized carbons (Fsp3) is 0.917. The summed E-state index contributed by atoms with van der Waals surface area (Å²) in [6, 6.07) is 0.302. The Balaban J connectivity index is 3.67. The first-order chi connectivity index (χ1) is 8.11. The molecule has 0 heterocycles. The van der Waals surface area contributed by atoms with E-state index in [0.29, 0.717) is 25.8 Å². The maximum Gasteiger partial charge on any atom is 0.319 e. The third-order valence-electron chi connectivity index (χ3n) is 2.45. The lowest BCUT2D eigenvalue weighted by Crippen LogP contribution is -2.38. The van der Waals surface area contributed by atoms with Gasteiger partial charge in [0, 0.05) is 32.9 Å². The Morgan fingerprint density at radius 3 is 2.41 bits per heavy atom. The van der Waals surface area contributed by atoms with E-state index in [4.69, 9.17) is 9.47 Å². The van der Waals surface area contributed by atoms with E-state index >= 15 is 0 Å². The van der Waals surface area contributed by atoms with Crippen LogP contribution >= 0.6 is 0 Å². The van der Waals surface area contributed by atoms with Crippen molar-refractivity contribution in [2.45, 2.75) is 26.3 Å². The molecule has 102 valence electrons. The molecule has 0 bridgehead atoms. The van der Waals surface area contributed by atoms with Crippen LogP contribution in [0.2, 0.25) is 0 Å². The molecule has 0 saturated carbocycles. The van der Waals surface area contributed by atoms with Gasteiger partial charge in [-0.05, 0) is 20.3 Å². The third kappa shape index (κ3) is 9.09. The SMILES string of the molecule is COCCCOCCN(CC(=O)OC)C(C)C. The fourth-order valence-electron chi connectivity index (χ4n) is 1.34. The van der Waals surface area contributed by atoms with Crippen molar-refractivity contribution in [2.24, 2.45) is 0 Å². The smallest absolute Gasteiger partial charge is 0.319 e. The molecule has 0 amide bonds. The molecule has 0 aromatic heterocycles. The number of hydrogen-bond donors (Lipinski definition) is 0. The van der Waals surface area contributed by atoms with Crippen molar-refractivity contribution in [1.82, 2.24) is 4.90 Å². The monoisotopic (exact) mass is 247 g/mol. The summed E-state index contributed by atoms with van der Waals surface area (Å²) in [6.07, 6.45) is 0.898. The second-order valence-electron chi connectivity index (χ2n) is 4.10. The Bertz CT molecular complexity index is 197. The zero-order valence-electron chi connectivity index (χ0n) is 11.4. The van der Waals surface area contributed by atoms with Crippen molar-refractivity contribution in [1.29, 1.82) is 0 Å². The molecule has 0 spiro atoms. The predicted molar refractivity (Wildman–Crippen MR) is 66.0 cm³/mol. The minimum absolute atomic E-state index is 0.210. The number of nitrogens with zero attached hydrogens (tertiary/aromatic N) is 1. The second-order valence-corrected chi connectivity index (χ2v) is 4.10. The Hall–Kier alpha value is -0.650. The Morgan fingerprint density at radius 1 is 1.18 bits per heavy atom. The van der Waals surface area contributed by atoms with Crippen LogP contribution < -0.4 is 0 Å². The molecule has 17 heavy (non-hydrogen) atoms. The largest absolute Gasteiger partial charge is 0.468 e. The molecule has 0 aliphatic carbocycles. The first-order valence-corrected chi connectivity index (χ1v) is 5.99. The van der Waals surface area contributed by atoms with Crippen molar-refractivity contribution < 1.29 is 19.0 Å². The number of methoxy groups -OCH3 is 2. The van der Waals surface area contributed by atoms with Gasteiger partial charge in [-0.1, -0.05) is 0 Å². The van der Waals surface area contributed by atoms with Crippen LogP contribution in [0.4, 0.5) is 0 Å². The minimum atomic E-state index is -0.210. The highest BCUT2D eigenvalue weighted by molar-refractivity contribution is 5.71. The van der Waals surface area contributed by atoms with Gasteiger partial charge in [0.25, 0.3) is 0 Å². The van der Waals surface area contributed by atoms with Gasteiger partial charge in [-0.3, -0.25) is 9.69 Å². The van der Waals surface area contributed by atoms with Crippen LogP contribution in [-0.2, 0) is 19.0 Å². The molecule has 5 nitrogen and oxygen atoms in total. The summed E-state index contributed by atoms with van der Waals surface area (Å²) in [4.78, 5) is 13.2. The van der Waals surface area contributed by atoms with E-state index in [9.17, 15) is 4.79 Å². The van der Waals surface area contributed by atoms with Gasteiger partial charge in [0.15, 0.2) is 0 Å². The van der Waals surface area contributed by atoms with Crippen LogP contribution in [0.1, 0.15) is 20.3 Å². The molecule has 0 atom stereocenters. The van der Waals surface area contributed by atoms with Gasteiger partial charge in [0.2, 0.25) is 0 Å². The summed E-state index contributed by atoms with van der Waals surface area (Å²) in [5.41, 5.74) is 0. The average molecular weight is 247 g/mol. The molecular weight excluding hydrogens is 222 g/mol. The average Bonchev–Trinajstić information content (AvgIpc) is 2.31. The molecule has 0 rings (SSSR count). The molecule has 5 heteroatoms. The Kier molecular flexibility index (Phi) is 10.1. The predicted octanol–water partition coefficient (Wildman–Crippen LogP) is 0.923. The maximum atomic E-state index is 11.2. The maximum absolute atomic E-state index is 11.2. The van der Waals surface area contributed by atoms with Gasteiger partial charge < -0.3 is 14.2 Å². The highest BCUT2D eigenvalue weighted by Crippen LogP contribution is 1.98. The van der Waals surface area contributed by atoms with Gasteiger partial charge in [-0.25, -0.2) is 0 Å². The molecule has 0 aromatic carbocycles. The molecule has 0 aliphatic heterocycles. The van der Waals surface area contributed by atoms with E-state index in [-0.39, 0.29) is 5.97 Å². The normalized spacial score (nSPS) is 11.2. The zero-order chi connectivity index (χ0) is 13.1. The number of hydrogen-bond acceptors (Lipinski definition) is 5. The van der Waals surface area contributed by atoms with E-state index in [1.165, 1.54) is 7.11 Å². The molecule has 0 aliphatic rings. The van der Waals surface area contributed by atoms with Gasteiger partial charge >= 0.3 is 5.97 Å². The number of ether oxygens (including phenoxy) is 3. The van der Waals surface area contributed by atoms with Gasteiger partial charge in [-0.15, -0.1) is 0 Å². The van der Waals surface area contributed by atoms with Crippen molar-refractivity contribution in [3.63, 3.8) is 0 Å². The van der Waals surface area contributed by atoms with E-state index in [1.807, 2.05) is 18.7 Å². The van der Waals surface area contributed by atoms with Crippen molar-refractivity contribution >= 4 is 5.97 Å². The molecule has 0 fully saturated rings. The first kappa shape index (κ1) is 16.4. The van der Waals surface area contributed by atoms with E-state index in [1.54, 1.807) is 7.11 Å².